The van der Waals surface area contributed by atoms with Crippen molar-refractivity contribution in [3.8, 4) is 0 Å². The molecule has 132 valence electrons. The molecule has 0 bridgehead atoms. The number of nitrogens with zero attached hydrogens (tertiary/aromatic N) is 4. The highest BCUT2D eigenvalue weighted by atomic mass is 16.5. The lowest BCUT2D eigenvalue weighted by Gasteiger charge is -2.08. The molecule has 0 unspecified atom stereocenters. The van der Waals surface area contributed by atoms with Crippen molar-refractivity contribution in [2.24, 2.45) is 0 Å². The molecule has 0 radical (unpaired) electrons. The van der Waals surface area contributed by atoms with E-state index in [4.69, 9.17) is 4.74 Å². The molecule has 0 saturated heterocycles. The zero-order valence-electron chi connectivity index (χ0n) is 14.2. The molecule has 0 aliphatic carbocycles. The maximum atomic E-state index is 11.7. The van der Waals surface area contributed by atoms with Gasteiger partial charge in [-0.1, -0.05) is 6.07 Å². The molecule has 1 aromatic carbocycles. The highest BCUT2D eigenvalue weighted by molar-refractivity contribution is 5.89. The SMILES string of the molecule is CCOC(=O)c1ccc(Nc2nncc(NCc3ccccn3)n2)cc1. The molecule has 0 spiro atoms. The van der Waals surface area contributed by atoms with Crippen LogP contribution in [0.25, 0.3) is 0 Å². The number of carbonyl (C=O) groups excluding carboxylic acids is 1. The third-order valence-corrected chi connectivity index (χ3v) is 3.39. The third kappa shape index (κ3) is 4.73. The summed E-state index contributed by atoms with van der Waals surface area (Å²) in [7, 11) is 0. The number of ether oxygens (including phenoxy) is 1. The summed E-state index contributed by atoms with van der Waals surface area (Å²) in [5.74, 6) is 0.578. The zero-order valence-corrected chi connectivity index (χ0v) is 14.2. The Kier molecular flexibility index (Phi) is 5.66. The summed E-state index contributed by atoms with van der Waals surface area (Å²) >= 11 is 0. The van der Waals surface area contributed by atoms with Gasteiger partial charge in [-0.3, -0.25) is 4.98 Å². The number of pyridine rings is 1. The van der Waals surface area contributed by atoms with Crippen molar-refractivity contribution in [3.63, 3.8) is 0 Å². The van der Waals surface area contributed by atoms with E-state index in [0.29, 0.717) is 30.5 Å². The molecule has 2 aromatic heterocycles. The molecule has 0 aliphatic heterocycles. The number of carbonyl (C=O) groups is 1. The Morgan fingerprint density at radius 1 is 1.15 bits per heavy atom. The fraction of sp³-hybridized carbons (Fsp3) is 0.167. The fourth-order valence-corrected chi connectivity index (χ4v) is 2.16. The lowest BCUT2D eigenvalue weighted by Crippen LogP contribution is -2.07. The van der Waals surface area contributed by atoms with E-state index in [1.807, 2.05) is 18.2 Å². The summed E-state index contributed by atoms with van der Waals surface area (Å²) in [6, 6.07) is 12.6. The van der Waals surface area contributed by atoms with Gasteiger partial charge in [0.05, 0.1) is 30.6 Å². The van der Waals surface area contributed by atoms with Crippen LogP contribution in [0.5, 0.6) is 0 Å². The van der Waals surface area contributed by atoms with Gasteiger partial charge in [0.15, 0.2) is 5.82 Å². The molecule has 2 N–H and O–H groups in total. The minimum atomic E-state index is -0.349. The Hall–Kier alpha value is -3.55. The lowest BCUT2D eigenvalue weighted by molar-refractivity contribution is 0.0526. The number of benzene rings is 1. The Bertz CT molecular complexity index is 855. The first-order valence-electron chi connectivity index (χ1n) is 8.12. The van der Waals surface area contributed by atoms with Gasteiger partial charge in [0.1, 0.15) is 0 Å². The van der Waals surface area contributed by atoms with E-state index in [2.05, 4.69) is 30.8 Å². The van der Waals surface area contributed by atoms with Crippen LogP contribution < -0.4 is 10.6 Å². The smallest absolute Gasteiger partial charge is 0.338 e. The summed E-state index contributed by atoms with van der Waals surface area (Å²) in [5, 5.41) is 14.1. The number of aromatic nitrogens is 4. The summed E-state index contributed by atoms with van der Waals surface area (Å²) in [6.07, 6.45) is 3.28. The number of nitrogens with one attached hydrogen (secondary N) is 2. The van der Waals surface area contributed by atoms with Crippen molar-refractivity contribution in [1.82, 2.24) is 20.2 Å². The van der Waals surface area contributed by atoms with E-state index in [1.165, 1.54) is 6.20 Å². The molecule has 0 atom stereocenters. The minimum absolute atomic E-state index is 0.344. The molecule has 26 heavy (non-hydrogen) atoms. The summed E-state index contributed by atoms with van der Waals surface area (Å²) in [4.78, 5) is 20.3. The van der Waals surface area contributed by atoms with Crippen molar-refractivity contribution in [3.05, 3.63) is 66.1 Å². The standard InChI is InChI=1S/C18H18N6O2/c1-2-26-17(25)13-6-8-14(9-7-13)22-18-23-16(12-21-24-18)20-11-15-5-3-4-10-19-15/h3-10,12H,2,11H2,1H3,(H2,20,22,23,24). The second-order valence-corrected chi connectivity index (χ2v) is 5.26. The van der Waals surface area contributed by atoms with Crippen LogP contribution in [-0.2, 0) is 11.3 Å². The normalized spacial score (nSPS) is 10.2. The molecule has 0 amide bonds. The van der Waals surface area contributed by atoms with Gasteiger partial charge < -0.3 is 15.4 Å². The molecule has 8 nitrogen and oxygen atoms in total. The van der Waals surface area contributed by atoms with E-state index >= 15 is 0 Å². The monoisotopic (exact) mass is 350 g/mol. The third-order valence-electron chi connectivity index (χ3n) is 3.39. The van der Waals surface area contributed by atoms with Crippen molar-refractivity contribution in [2.45, 2.75) is 13.5 Å². The molecule has 0 saturated carbocycles. The number of hydrogen-bond donors (Lipinski definition) is 2. The summed E-state index contributed by atoms with van der Waals surface area (Å²) in [6.45, 7) is 2.65. The van der Waals surface area contributed by atoms with Crippen LogP contribution >= 0.6 is 0 Å². The van der Waals surface area contributed by atoms with Gasteiger partial charge in [0.25, 0.3) is 0 Å². The molecule has 3 aromatic rings. The second kappa shape index (κ2) is 8.52. The van der Waals surface area contributed by atoms with Gasteiger partial charge in [-0.25, -0.2) is 4.79 Å². The Labute approximate surface area is 150 Å². The molecule has 3 rings (SSSR count). The molecule has 0 aliphatic rings. The van der Waals surface area contributed by atoms with Gasteiger partial charge in [0.2, 0.25) is 5.95 Å². The number of esters is 1. The second-order valence-electron chi connectivity index (χ2n) is 5.26. The van der Waals surface area contributed by atoms with Crippen LogP contribution in [0, 0.1) is 0 Å². The largest absolute Gasteiger partial charge is 0.462 e. The van der Waals surface area contributed by atoms with Crippen molar-refractivity contribution >= 4 is 23.4 Å². The topological polar surface area (TPSA) is 102 Å². The maximum Gasteiger partial charge on any atom is 0.338 e. The quantitative estimate of drug-likeness (QED) is 0.627. The van der Waals surface area contributed by atoms with Gasteiger partial charge in [0, 0.05) is 11.9 Å². The lowest BCUT2D eigenvalue weighted by atomic mass is 10.2. The number of anilines is 3. The maximum absolute atomic E-state index is 11.7. The first kappa shape index (κ1) is 17.3. The van der Waals surface area contributed by atoms with Gasteiger partial charge in [-0.05, 0) is 43.3 Å². The fourth-order valence-electron chi connectivity index (χ4n) is 2.16. The Morgan fingerprint density at radius 3 is 2.73 bits per heavy atom. The van der Waals surface area contributed by atoms with Crippen LogP contribution in [0.15, 0.2) is 54.9 Å². The highest BCUT2D eigenvalue weighted by Gasteiger charge is 2.07. The van der Waals surface area contributed by atoms with Crippen LogP contribution in [0.1, 0.15) is 23.0 Å². The van der Waals surface area contributed by atoms with Gasteiger partial charge in [-0.2, -0.15) is 10.1 Å². The minimum Gasteiger partial charge on any atom is -0.462 e. The van der Waals surface area contributed by atoms with Gasteiger partial charge in [-0.15, -0.1) is 5.10 Å². The molecular weight excluding hydrogens is 332 g/mol. The first-order chi connectivity index (χ1) is 12.7. The molecular formula is C18H18N6O2. The Balaban J connectivity index is 1.62. The molecule has 2 heterocycles. The predicted octanol–water partition coefficient (Wildman–Crippen LogP) is 2.80. The average molecular weight is 350 g/mol. The number of rotatable bonds is 7. The van der Waals surface area contributed by atoms with Crippen LogP contribution in [0.4, 0.5) is 17.5 Å². The van der Waals surface area contributed by atoms with E-state index < -0.39 is 0 Å². The average Bonchev–Trinajstić information content (AvgIpc) is 2.68. The molecule has 0 fully saturated rings. The molecule has 8 heteroatoms. The predicted molar refractivity (Wildman–Crippen MR) is 97.1 cm³/mol. The van der Waals surface area contributed by atoms with Crippen molar-refractivity contribution in [1.29, 1.82) is 0 Å². The highest BCUT2D eigenvalue weighted by Crippen LogP contribution is 2.15. The Morgan fingerprint density at radius 2 is 2.00 bits per heavy atom. The van der Waals surface area contributed by atoms with E-state index in [0.717, 1.165) is 11.4 Å². The van der Waals surface area contributed by atoms with Crippen LogP contribution in [0.3, 0.4) is 0 Å². The summed E-state index contributed by atoms with van der Waals surface area (Å²) in [5.41, 5.74) is 2.12. The summed E-state index contributed by atoms with van der Waals surface area (Å²) < 4.78 is 4.96. The van der Waals surface area contributed by atoms with E-state index in [1.54, 1.807) is 37.4 Å². The van der Waals surface area contributed by atoms with Crippen molar-refractivity contribution < 1.29 is 9.53 Å². The van der Waals surface area contributed by atoms with Crippen LogP contribution in [0.2, 0.25) is 0 Å². The van der Waals surface area contributed by atoms with E-state index in [9.17, 15) is 4.79 Å². The zero-order chi connectivity index (χ0) is 18.2. The first-order valence-corrected chi connectivity index (χ1v) is 8.12. The van der Waals surface area contributed by atoms with Gasteiger partial charge >= 0.3 is 5.97 Å². The van der Waals surface area contributed by atoms with E-state index in [-0.39, 0.29) is 5.97 Å². The number of hydrogen-bond acceptors (Lipinski definition) is 8. The van der Waals surface area contributed by atoms with Crippen molar-refractivity contribution in [2.75, 3.05) is 17.2 Å². The van der Waals surface area contributed by atoms with Crippen LogP contribution in [-0.4, -0.2) is 32.7 Å².